The Balaban J connectivity index is 4.15. The molecule has 1 unspecified atom stereocenters. The predicted molar refractivity (Wildman–Crippen MR) is 59.1 cm³/mol. The Labute approximate surface area is 88.0 Å². The lowest BCUT2D eigenvalue weighted by molar-refractivity contribution is -0.160. The van der Waals surface area contributed by atoms with Gasteiger partial charge in [-0.05, 0) is 32.6 Å². The molecular weight excluding hydrogens is 176 g/mol. The first-order valence-corrected chi connectivity index (χ1v) is 5.24. The van der Waals surface area contributed by atoms with Gasteiger partial charge in [-0.3, -0.25) is 4.79 Å². The van der Waals surface area contributed by atoms with Gasteiger partial charge in [0.1, 0.15) is 5.60 Å². The van der Waals surface area contributed by atoms with E-state index >= 15 is 0 Å². The van der Waals surface area contributed by atoms with Crippen molar-refractivity contribution in [2.75, 3.05) is 0 Å². The number of carbonyl (C=O) groups is 1. The average Bonchev–Trinajstić information content (AvgIpc) is 1.78. The third-order valence-electron chi connectivity index (χ3n) is 1.73. The molecule has 0 saturated carbocycles. The molecule has 0 aromatic carbocycles. The monoisotopic (exact) mass is 200 g/mol. The zero-order valence-corrected chi connectivity index (χ0v) is 10.6. The van der Waals surface area contributed by atoms with Crippen LogP contribution in [0.5, 0.6) is 0 Å². The summed E-state index contributed by atoms with van der Waals surface area (Å²) in [6.07, 6.45) is 0.863. The lowest BCUT2D eigenvalue weighted by Gasteiger charge is -2.26. The summed E-state index contributed by atoms with van der Waals surface area (Å²) in [5, 5.41) is 0. The van der Waals surface area contributed by atoms with E-state index < -0.39 is 0 Å². The Bertz CT molecular complexity index is 193. The van der Waals surface area contributed by atoms with Gasteiger partial charge in [0.25, 0.3) is 0 Å². The van der Waals surface area contributed by atoms with Crippen LogP contribution in [0.15, 0.2) is 0 Å². The number of esters is 1. The van der Waals surface area contributed by atoms with Crippen LogP contribution in [-0.4, -0.2) is 11.6 Å². The van der Waals surface area contributed by atoms with E-state index in [2.05, 4.69) is 20.8 Å². The summed E-state index contributed by atoms with van der Waals surface area (Å²) in [5.74, 6) is -0.110. The SMILES string of the molecule is CC(CC(C)(C)C)C(=O)OC(C)(C)C. The van der Waals surface area contributed by atoms with Gasteiger partial charge in [0.2, 0.25) is 0 Å². The second-order valence-electron chi connectivity index (χ2n) is 6.20. The minimum Gasteiger partial charge on any atom is -0.460 e. The van der Waals surface area contributed by atoms with Crippen molar-refractivity contribution in [2.24, 2.45) is 11.3 Å². The largest absolute Gasteiger partial charge is 0.460 e. The zero-order chi connectivity index (χ0) is 11.6. The molecule has 0 aliphatic rings. The molecule has 84 valence electrons. The molecule has 0 aliphatic heterocycles. The van der Waals surface area contributed by atoms with Gasteiger partial charge in [-0.2, -0.15) is 0 Å². The number of ether oxygens (including phenoxy) is 1. The van der Waals surface area contributed by atoms with Crippen LogP contribution >= 0.6 is 0 Å². The van der Waals surface area contributed by atoms with E-state index in [0.717, 1.165) is 6.42 Å². The van der Waals surface area contributed by atoms with E-state index in [1.807, 2.05) is 27.7 Å². The molecule has 14 heavy (non-hydrogen) atoms. The normalized spacial score (nSPS) is 15.1. The van der Waals surface area contributed by atoms with Gasteiger partial charge in [0, 0.05) is 0 Å². The van der Waals surface area contributed by atoms with Gasteiger partial charge in [-0.1, -0.05) is 27.7 Å². The van der Waals surface area contributed by atoms with E-state index in [1.54, 1.807) is 0 Å². The van der Waals surface area contributed by atoms with Crippen molar-refractivity contribution in [3.8, 4) is 0 Å². The second kappa shape index (κ2) is 4.33. The van der Waals surface area contributed by atoms with E-state index in [4.69, 9.17) is 4.74 Å². The van der Waals surface area contributed by atoms with Gasteiger partial charge in [-0.25, -0.2) is 0 Å². The molecule has 0 N–H and O–H groups in total. The van der Waals surface area contributed by atoms with Crippen LogP contribution < -0.4 is 0 Å². The van der Waals surface area contributed by atoms with Crippen molar-refractivity contribution < 1.29 is 9.53 Å². The Hall–Kier alpha value is -0.530. The predicted octanol–water partition coefficient (Wildman–Crippen LogP) is 3.40. The van der Waals surface area contributed by atoms with Gasteiger partial charge in [0.05, 0.1) is 5.92 Å². The third-order valence-corrected chi connectivity index (χ3v) is 1.73. The highest BCUT2D eigenvalue weighted by Crippen LogP contribution is 2.25. The number of hydrogen-bond donors (Lipinski definition) is 0. The standard InChI is InChI=1S/C12H24O2/c1-9(8-11(2,3)4)10(13)14-12(5,6)7/h9H,8H2,1-7H3. The molecule has 0 saturated heterocycles. The van der Waals surface area contributed by atoms with Crippen LogP contribution in [0.3, 0.4) is 0 Å². The maximum atomic E-state index is 11.6. The fourth-order valence-corrected chi connectivity index (χ4v) is 1.40. The van der Waals surface area contributed by atoms with Crippen molar-refractivity contribution >= 4 is 5.97 Å². The Morgan fingerprint density at radius 3 is 1.86 bits per heavy atom. The Kier molecular flexibility index (Phi) is 4.16. The summed E-state index contributed by atoms with van der Waals surface area (Å²) in [6, 6.07) is 0. The smallest absolute Gasteiger partial charge is 0.309 e. The Morgan fingerprint density at radius 1 is 1.14 bits per heavy atom. The van der Waals surface area contributed by atoms with E-state index in [9.17, 15) is 4.79 Å². The van der Waals surface area contributed by atoms with Gasteiger partial charge in [0.15, 0.2) is 0 Å². The van der Waals surface area contributed by atoms with Gasteiger partial charge >= 0.3 is 5.97 Å². The van der Waals surface area contributed by atoms with Gasteiger partial charge in [-0.15, -0.1) is 0 Å². The van der Waals surface area contributed by atoms with Crippen LogP contribution in [0.25, 0.3) is 0 Å². The van der Waals surface area contributed by atoms with Crippen molar-refractivity contribution in [2.45, 2.75) is 60.5 Å². The third kappa shape index (κ3) is 6.93. The minimum atomic E-state index is -0.372. The molecule has 0 aliphatic carbocycles. The highest BCUT2D eigenvalue weighted by atomic mass is 16.6. The van der Waals surface area contributed by atoms with Crippen molar-refractivity contribution in [3.63, 3.8) is 0 Å². The summed E-state index contributed by atoms with van der Waals surface area (Å²) in [6.45, 7) is 14.0. The van der Waals surface area contributed by atoms with Crippen LogP contribution in [0.1, 0.15) is 54.9 Å². The van der Waals surface area contributed by atoms with Crippen LogP contribution in [0.4, 0.5) is 0 Å². The van der Waals surface area contributed by atoms with Crippen LogP contribution in [0.2, 0.25) is 0 Å². The number of rotatable bonds is 2. The molecule has 0 amide bonds. The quantitative estimate of drug-likeness (QED) is 0.639. The average molecular weight is 200 g/mol. The molecule has 0 aromatic heterocycles. The maximum absolute atomic E-state index is 11.6. The molecule has 0 radical (unpaired) electrons. The lowest BCUT2D eigenvalue weighted by atomic mass is 9.85. The van der Waals surface area contributed by atoms with Gasteiger partial charge < -0.3 is 4.74 Å². The first kappa shape index (κ1) is 13.5. The summed E-state index contributed by atoms with van der Waals surface area (Å²) in [7, 11) is 0. The van der Waals surface area contributed by atoms with E-state index in [-0.39, 0.29) is 22.9 Å². The molecule has 2 heteroatoms. The fraction of sp³-hybridized carbons (Fsp3) is 0.917. The molecule has 0 fully saturated rings. The van der Waals surface area contributed by atoms with Crippen molar-refractivity contribution in [1.82, 2.24) is 0 Å². The minimum absolute atomic E-state index is 0.0192. The zero-order valence-electron chi connectivity index (χ0n) is 10.6. The highest BCUT2D eigenvalue weighted by molar-refractivity contribution is 5.72. The highest BCUT2D eigenvalue weighted by Gasteiger charge is 2.25. The van der Waals surface area contributed by atoms with E-state index in [1.165, 1.54) is 0 Å². The first-order chi connectivity index (χ1) is 6.01. The van der Waals surface area contributed by atoms with Crippen molar-refractivity contribution in [1.29, 1.82) is 0 Å². The topological polar surface area (TPSA) is 26.3 Å². The second-order valence-corrected chi connectivity index (χ2v) is 6.20. The molecule has 1 atom stereocenters. The molecule has 2 nitrogen and oxygen atoms in total. The lowest BCUT2D eigenvalue weighted by Crippen LogP contribution is -2.29. The molecule has 0 heterocycles. The summed E-state index contributed by atoms with van der Waals surface area (Å²) >= 11 is 0. The Morgan fingerprint density at radius 2 is 1.57 bits per heavy atom. The molecular formula is C12H24O2. The molecule has 0 aromatic rings. The maximum Gasteiger partial charge on any atom is 0.309 e. The molecule has 0 bridgehead atoms. The number of carbonyl (C=O) groups excluding carboxylic acids is 1. The van der Waals surface area contributed by atoms with Crippen LogP contribution in [0, 0.1) is 11.3 Å². The molecule has 0 spiro atoms. The number of hydrogen-bond acceptors (Lipinski definition) is 2. The fourth-order valence-electron chi connectivity index (χ4n) is 1.40. The summed E-state index contributed by atoms with van der Waals surface area (Å²) in [5.41, 5.74) is -0.195. The molecule has 0 rings (SSSR count). The first-order valence-electron chi connectivity index (χ1n) is 5.24. The van der Waals surface area contributed by atoms with Crippen molar-refractivity contribution in [3.05, 3.63) is 0 Å². The summed E-state index contributed by atoms with van der Waals surface area (Å²) in [4.78, 5) is 11.6. The van der Waals surface area contributed by atoms with Crippen LogP contribution in [-0.2, 0) is 9.53 Å². The summed E-state index contributed by atoms with van der Waals surface area (Å²) < 4.78 is 5.31. The van der Waals surface area contributed by atoms with E-state index in [0.29, 0.717) is 0 Å².